The summed E-state index contributed by atoms with van der Waals surface area (Å²) in [5.41, 5.74) is 0. The van der Waals surface area contributed by atoms with Crippen LogP contribution in [-0.4, -0.2) is 76.2 Å². The SMILES string of the molecule is CCCSCCSC1(C2CSC(C3(SCCSCCC)CS3)CS2)CS1. The third kappa shape index (κ3) is 6.91. The first-order chi connectivity index (χ1) is 12.7. The summed E-state index contributed by atoms with van der Waals surface area (Å²) in [4.78, 5) is 0. The molecule has 0 amide bonds. The molecule has 0 nitrogen and oxygen atoms in total. The summed E-state index contributed by atoms with van der Waals surface area (Å²) in [5.74, 6) is 13.7. The molecule has 3 aliphatic heterocycles. The van der Waals surface area contributed by atoms with Crippen LogP contribution in [0.15, 0.2) is 0 Å². The monoisotopic (exact) mass is 504 g/mol. The Morgan fingerprint density at radius 1 is 0.692 bits per heavy atom. The Labute approximate surface area is 195 Å². The Hall–Kier alpha value is 2.80. The molecule has 0 saturated carbocycles. The summed E-state index contributed by atoms with van der Waals surface area (Å²) in [6.07, 6.45) is 2.64. The first-order valence-electron chi connectivity index (χ1n) is 9.69. The van der Waals surface area contributed by atoms with Crippen LogP contribution in [0.3, 0.4) is 0 Å². The molecule has 0 aromatic rings. The van der Waals surface area contributed by atoms with Crippen LogP contribution >= 0.6 is 94.1 Å². The van der Waals surface area contributed by atoms with Gasteiger partial charge in [0.1, 0.15) is 0 Å². The summed E-state index contributed by atoms with van der Waals surface area (Å²) in [6.45, 7) is 4.58. The highest BCUT2D eigenvalue weighted by atomic mass is 32.2. The minimum Gasteiger partial charge on any atom is -0.161 e. The minimum absolute atomic E-state index is 0.587. The first-order valence-corrected chi connectivity index (χ1v) is 18.0. The molecule has 8 heteroatoms. The highest BCUT2D eigenvalue weighted by Gasteiger charge is 2.57. The van der Waals surface area contributed by atoms with E-state index < -0.39 is 0 Å². The lowest BCUT2D eigenvalue weighted by Crippen LogP contribution is -2.36. The summed E-state index contributed by atoms with van der Waals surface area (Å²) >= 11 is 18.0. The molecule has 3 aliphatic rings. The fraction of sp³-hybridized carbons (Fsp3) is 1.00. The van der Waals surface area contributed by atoms with Crippen LogP contribution < -0.4 is 0 Å². The zero-order valence-electron chi connectivity index (χ0n) is 15.9. The van der Waals surface area contributed by atoms with Crippen LogP contribution in [0.25, 0.3) is 0 Å². The second kappa shape index (κ2) is 12.0. The van der Waals surface area contributed by atoms with E-state index in [1.165, 1.54) is 70.4 Å². The molecule has 0 N–H and O–H groups in total. The van der Waals surface area contributed by atoms with Crippen LogP contribution in [0.1, 0.15) is 26.7 Å². The summed E-state index contributed by atoms with van der Waals surface area (Å²) in [5, 5.41) is 1.78. The van der Waals surface area contributed by atoms with Crippen LogP contribution in [-0.2, 0) is 0 Å². The predicted molar refractivity (Wildman–Crippen MR) is 143 cm³/mol. The first kappa shape index (κ1) is 23.5. The van der Waals surface area contributed by atoms with Crippen LogP contribution in [0.5, 0.6) is 0 Å². The van der Waals surface area contributed by atoms with E-state index in [-0.39, 0.29) is 0 Å². The predicted octanol–water partition coefficient (Wildman–Crippen LogP) is 6.84. The highest BCUT2D eigenvalue weighted by Crippen LogP contribution is 2.65. The second-order valence-electron chi connectivity index (χ2n) is 6.77. The van der Waals surface area contributed by atoms with Crippen molar-refractivity contribution in [2.45, 2.75) is 45.3 Å². The maximum Gasteiger partial charge on any atom is 0.0828 e. The van der Waals surface area contributed by atoms with E-state index in [2.05, 4.69) is 108 Å². The molecule has 0 aromatic carbocycles. The van der Waals surface area contributed by atoms with Crippen LogP contribution in [0, 0.1) is 0 Å². The van der Waals surface area contributed by atoms with Gasteiger partial charge in [0.15, 0.2) is 0 Å². The molecule has 3 fully saturated rings. The van der Waals surface area contributed by atoms with Crippen molar-refractivity contribution in [3.05, 3.63) is 0 Å². The molecule has 0 bridgehead atoms. The summed E-state index contributed by atoms with van der Waals surface area (Å²) in [6, 6.07) is 0. The molecule has 0 radical (unpaired) electrons. The average molecular weight is 505 g/mol. The number of hydrogen-bond donors (Lipinski definition) is 0. The minimum atomic E-state index is 0.587. The van der Waals surface area contributed by atoms with E-state index in [4.69, 9.17) is 0 Å². The van der Waals surface area contributed by atoms with Crippen molar-refractivity contribution in [2.24, 2.45) is 0 Å². The van der Waals surface area contributed by atoms with Gasteiger partial charge >= 0.3 is 0 Å². The van der Waals surface area contributed by atoms with E-state index in [1.807, 2.05) is 0 Å². The van der Waals surface area contributed by atoms with Gasteiger partial charge in [0.05, 0.1) is 8.16 Å². The Morgan fingerprint density at radius 2 is 1.12 bits per heavy atom. The van der Waals surface area contributed by atoms with Crippen molar-refractivity contribution < 1.29 is 0 Å². The van der Waals surface area contributed by atoms with E-state index in [0.717, 1.165) is 10.5 Å². The van der Waals surface area contributed by atoms with Crippen molar-refractivity contribution in [3.8, 4) is 0 Å². The fourth-order valence-electron chi connectivity index (χ4n) is 2.92. The molecular formula is C18H32S8. The van der Waals surface area contributed by atoms with Crippen molar-refractivity contribution in [3.63, 3.8) is 0 Å². The third-order valence-corrected chi connectivity index (χ3v) is 18.3. The van der Waals surface area contributed by atoms with Gasteiger partial charge in [-0.3, -0.25) is 0 Å². The van der Waals surface area contributed by atoms with Crippen molar-refractivity contribution in [1.82, 2.24) is 0 Å². The van der Waals surface area contributed by atoms with Gasteiger partial charge in [0, 0.05) is 56.5 Å². The van der Waals surface area contributed by atoms with Gasteiger partial charge in [-0.05, 0) is 24.3 Å². The summed E-state index contributed by atoms with van der Waals surface area (Å²) < 4.78 is 1.17. The zero-order valence-corrected chi connectivity index (χ0v) is 22.4. The maximum atomic E-state index is 2.32. The molecule has 4 atom stereocenters. The number of hydrogen-bond acceptors (Lipinski definition) is 8. The van der Waals surface area contributed by atoms with Gasteiger partial charge in [0.2, 0.25) is 0 Å². The van der Waals surface area contributed by atoms with Crippen molar-refractivity contribution in [2.75, 3.05) is 57.5 Å². The smallest absolute Gasteiger partial charge is 0.0828 e. The molecule has 0 spiro atoms. The Balaban J connectivity index is 1.34. The topological polar surface area (TPSA) is 0 Å². The molecule has 152 valence electrons. The molecule has 3 heterocycles. The number of thioether (sulfide) groups is 8. The molecule has 3 rings (SSSR count). The molecule has 4 unspecified atom stereocenters. The van der Waals surface area contributed by atoms with Gasteiger partial charge in [-0.2, -0.15) is 47.0 Å². The zero-order chi connectivity index (χ0) is 18.3. The van der Waals surface area contributed by atoms with E-state index in [9.17, 15) is 0 Å². The maximum absolute atomic E-state index is 2.32. The van der Waals surface area contributed by atoms with Crippen molar-refractivity contribution in [1.29, 1.82) is 0 Å². The largest absolute Gasteiger partial charge is 0.161 e. The fourth-order valence-corrected chi connectivity index (χ4v) is 15.7. The Bertz CT molecular complexity index is 364. The van der Waals surface area contributed by atoms with Gasteiger partial charge in [-0.15, -0.1) is 47.0 Å². The highest BCUT2D eigenvalue weighted by molar-refractivity contribution is 8.27. The quantitative estimate of drug-likeness (QED) is 0.184. The van der Waals surface area contributed by atoms with Gasteiger partial charge in [0.25, 0.3) is 0 Å². The van der Waals surface area contributed by atoms with Crippen LogP contribution in [0.4, 0.5) is 0 Å². The van der Waals surface area contributed by atoms with E-state index in [1.54, 1.807) is 0 Å². The van der Waals surface area contributed by atoms with Gasteiger partial charge in [-0.1, -0.05) is 13.8 Å². The lowest BCUT2D eigenvalue weighted by atomic mass is 10.3. The molecule has 3 saturated heterocycles. The summed E-state index contributed by atoms with van der Waals surface area (Å²) in [7, 11) is 0. The Kier molecular flexibility index (Phi) is 10.8. The van der Waals surface area contributed by atoms with Crippen molar-refractivity contribution >= 4 is 94.1 Å². The lowest BCUT2D eigenvalue weighted by molar-refractivity contribution is 0.896. The number of rotatable bonds is 14. The molecule has 0 aliphatic carbocycles. The van der Waals surface area contributed by atoms with Gasteiger partial charge in [-0.25, -0.2) is 0 Å². The molecule has 0 aromatic heterocycles. The van der Waals surface area contributed by atoms with Gasteiger partial charge < -0.3 is 0 Å². The Morgan fingerprint density at radius 3 is 1.42 bits per heavy atom. The average Bonchev–Trinajstić information content (AvgIpc) is 3.58. The normalized spacial score (nSPS) is 36.2. The standard InChI is InChI=1S/C18H32S8/c1-3-5-19-7-9-23-17(13-25-17)15-11-22-16(12-21-15)18(14-26-18)24-10-8-20-6-4-2/h15-16H,3-14H2,1-2H3. The molecule has 26 heavy (non-hydrogen) atoms. The second-order valence-corrected chi connectivity index (χ2v) is 17.7. The molecular weight excluding hydrogens is 473 g/mol. The third-order valence-electron chi connectivity index (χ3n) is 4.58. The van der Waals surface area contributed by atoms with E-state index >= 15 is 0 Å². The lowest BCUT2D eigenvalue weighted by Gasteiger charge is -2.35. The van der Waals surface area contributed by atoms with Crippen LogP contribution in [0.2, 0.25) is 0 Å². The van der Waals surface area contributed by atoms with E-state index in [0.29, 0.717) is 8.16 Å².